The monoisotopic (exact) mass is 309 g/mol. The summed E-state index contributed by atoms with van der Waals surface area (Å²) in [7, 11) is 0. The highest BCUT2D eigenvalue weighted by Crippen LogP contribution is 2.09. The molecule has 0 unspecified atom stereocenters. The van der Waals surface area contributed by atoms with Crippen LogP contribution in [0.1, 0.15) is 25.3 Å². The van der Waals surface area contributed by atoms with E-state index in [0.717, 1.165) is 5.56 Å². The van der Waals surface area contributed by atoms with E-state index in [0.29, 0.717) is 26.2 Å². The van der Waals surface area contributed by atoms with Crippen molar-refractivity contribution >= 4 is 12.1 Å². The summed E-state index contributed by atoms with van der Waals surface area (Å²) < 4.78 is 10.3. The Morgan fingerprint density at radius 2 is 2.00 bits per heavy atom. The van der Waals surface area contributed by atoms with Crippen LogP contribution in [0.2, 0.25) is 0 Å². The van der Waals surface area contributed by atoms with Gasteiger partial charge in [-0.2, -0.15) is 0 Å². The van der Waals surface area contributed by atoms with E-state index >= 15 is 0 Å². The highest BCUT2D eigenvalue weighted by molar-refractivity contribution is 5.67. The van der Waals surface area contributed by atoms with E-state index < -0.39 is 12.1 Å². The number of rotatable bonds is 10. The van der Waals surface area contributed by atoms with Crippen molar-refractivity contribution in [3.8, 4) is 0 Å². The summed E-state index contributed by atoms with van der Waals surface area (Å²) in [5.74, 6) is -0.983. The van der Waals surface area contributed by atoms with Gasteiger partial charge in [0.25, 0.3) is 0 Å². The minimum absolute atomic E-state index is 0.0285. The molecule has 0 aliphatic carbocycles. The summed E-state index contributed by atoms with van der Waals surface area (Å²) in [6, 6.07) is 9.39. The van der Waals surface area contributed by atoms with E-state index in [1.807, 2.05) is 37.3 Å². The number of carbonyl (C=O) groups excluding carboxylic acids is 1. The molecule has 22 heavy (non-hydrogen) atoms. The predicted molar refractivity (Wildman–Crippen MR) is 81.5 cm³/mol. The number of amides is 1. The van der Waals surface area contributed by atoms with E-state index in [2.05, 4.69) is 5.32 Å². The second kappa shape index (κ2) is 10.6. The zero-order valence-electron chi connectivity index (χ0n) is 12.8. The molecular weight excluding hydrogens is 286 g/mol. The number of ether oxygens (including phenoxy) is 2. The lowest BCUT2D eigenvalue weighted by molar-refractivity contribution is -0.138. The Balaban J connectivity index is 2.22. The number of nitrogens with one attached hydrogen (secondary N) is 1. The predicted octanol–water partition coefficient (Wildman–Crippen LogP) is 2.43. The van der Waals surface area contributed by atoms with Crippen LogP contribution in [-0.4, -0.2) is 36.9 Å². The maximum absolute atomic E-state index is 11.6. The van der Waals surface area contributed by atoms with E-state index in [1.54, 1.807) is 0 Å². The molecule has 6 heteroatoms. The zero-order valence-corrected chi connectivity index (χ0v) is 12.8. The minimum Gasteiger partial charge on any atom is -0.481 e. The zero-order chi connectivity index (χ0) is 16.2. The third-order valence-corrected chi connectivity index (χ3v) is 3.06. The van der Waals surface area contributed by atoms with Crippen molar-refractivity contribution < 1.29 is 24.2 Å². The molecule has 0 saturated heterocycles. The van der Waals surface area contributed by atoms with Crippen LogP contribution in [0.4, 0.5) is 4.79 Å². The number of carbonyl (C=O) groups is 2. The van der Waals surface area contributed by atoms with Crippen molar-refractivity contribution in [2.45, 2.75) is 26.4 Å². The van der Waals surface area contributed by atoms with Crippen molar-refractivity contribution in [3.63, 3.8) is 0 Å². The molecule has 1 amide bonds. The topological polar surface area (TPSA) is 84.9 Å². The average Bonchev–Trinajstić information content (AvgIpc) is 2.51. The van der Waals surface area contributed by atoms with Crippen LogP contribution in [0.15, 0.2) is 30.3 Å². The molecule has 1 rings (SSSR count). The lowest BCUT2D eigenvalue weighted by Crippen LogP contribution is -2.28. The Labute approximate surface area is 130 Å². The Bertz CT molecular complexity index is 449. The van der Waals surface area contributed by atoms with Gasteiger partial charge in [0.2, 0.25) is 0 Å². The molecule has 0 aliphatic heterocycles. The third-order valence-electron chi connectivity index (χ3n) is 3.06. The molecule has 2 N–H and O–H groups in total. The van der Waals surface area contributed by atoms with Crippen LogP contribution in [0.5, 0.6) is 0 Å². The van der Waals surface area contributed by atoms with Crippen molar-refractivity contribution in [3.05, 3.63) is 35.9 Å². The summed E-state index contributed by atoms with van der Waals surface area (Å²) in [5, 5.41) is 11.5. The number of alkyl carbamates (subject to hydrolysis) is 1. The Morgan fingerprint density at radius 3 is 2.64 bits per heavy atom. The van der Waals surface area contributed by atoms with Gasteiger partial charge in [0.05, 0.1) is 6.42 Å². The molecule has 0 heterocycles. The fourth-order valence-corrected chi connectivity index (χ4v) is 1.93. The number of benzene rings is 1. The van der Waals surface area contributed by atoms with E-state index in [9.17, 15) is 9.59 Å². The lowest BCUT2D eigenvalue weighted by atomic mass is 10.0. The number of hydrogen-bond donors (Lipinski definition) is 2. The molecule has 0 bridgehead atoms. The summed E-state index contributed by atoms with van der Waals surface area (Å²) in [6.07, 6.45) is 0.0577. The van der Waals surface area contributed by atoms with Crippen LogP contribution >= 0.6 is 0 Å². The maximum Gasteiger partial charge on any atom is 0.407 e. The molecule has 1 aromatic carbocycles. The highest BCUT2D eigenvalue weighted by Gasteiger charge is 2.14. The van der Waals surface area contributed by atoms with Crippen molar-refractivity contribution in [1.82, 2.24) is 5.32 Å². The molecule has 0 aliphatic rings. The number of aliphatic carboxylic acids is 1. The summed E-state index contributed by atoms with van der Waals surface area (Å²) in [5.41, 5.74) is 0.915. The molecule has 0 aromatic heterocycles. The van der Waals surface area contributed by atoms with Crippen molar-refractivity contribution in [2.75, 3.05) is 19.8 Å². The summed E-state index contributed by atoms with van der Waals surface area (Å²) in [4.78, 5) is 22.3. The quantitative estimate of drug-likeness (QED) is 0.693. The van der Waals surface area contributed by atoms with E-state index in [4.69, 9.17) is 14.6 Å². The first-order valence-electron chi connectivity index (χ1n) is 7.36. The Kier molecular flexibility index (Phi) is 8.67. The number of carboxylic acid groups (broad SMARTS) is 1. The van der Waals surface area contributed by atoms with Gasteiger partial charge in [0, 0.05) is 19.8 Å². The Hall–Kier alpha value is -2.08. The molecule has 1 atom stereocenters. The normalized spacial score (nSPS) is 11.7. The van der Waals surface area contributed by atoms with Crippen molar-refractivity contribution in [1.29, 1.82) is 0 Å². The second-order valence-electron chi connectivity index (χ2n) is 4.90. The van der Waals surface area contributed by atoms with Crippen molar-refractivity contribution in [2.24, 2.45) is 5.92 Å². The van der Waals surface area contributed by atoms with Gasteiger partial charge >= 0.3 is 12.1 Å². The molecule has 1 aromatic rings. The Morgan fingerprint density at radius 1 is 1.27 bits per heavy atom. The third kappa shape index (κ3) is 8.26. The van der Waals surface area contributed by atoms with Gasteiger partial charge in [-0.05, 0) is 24.8 Å². The standard InChI is InChI=1S/C16H23NO5/c1-2-21-11-14(10-15(18)19)8-9-17-16(20)22-12-13-6-4-3-5-7-13/h3-7,14H,2,8-12H2,1H3,(H,17,20)(H,18,19)/t14-/m1/s1. The van der Waals surface area contributed by atoms with E-state index in [-0.39, 0.29) is 18.9 Å². The lowest BCUT2D eigenvalue weighted by Gasteiger charge is -2.15. The first-order valence-corrected chi connectivity index (χ1v) is 7.36. The van der Waals surface area contributed by atoms with Crippen LogP contribution in [0, 0.1) is 5.92 Å². The average molecular weight is 309 g/mol. The van der Waals surface area contributed by atoms with E-state index in [1.165, 1.54) is 0 Å². The number of carboxylic acids is 1. The van der Waals surface area contributed by atoms with Gasteiger partial charge in [-0.1, -0.05) is 30.3 Å². The van der Waals surface area contributed by atoms with Gasteiger partial charge < -0.3 is 19.9 Å². The smallest absolute Gasteiger partial charge is 0.407 e. The molecule has 122 valence electrons. The summed E-state index contributed by atoms with van der Waals surface area (Å²) >= 11 is 0. The number of hydrogen-bond acceptors (Lipinski definition) is 4. The largest absolute Gasteiger partial charge is 0.481 e. The fourth-order valence-electron chi connectivity index (χ4n) is 1.93. The molecule has 0 radical (unpaired) electrons. The first-order chi connectivity index (χ1) is 10.6. The molecule has 6 nitrogen and oxygen atoms in total. The first kappa shape index (κ1) is 18.0. The van der Waals surface area contributed by atoms with Gasteiger partial charge in [-0.15, -0.1) is 0 Å². The van der Waals surface area contributed by atoms with Gasteiger partial charge in [-0.25, -0.2) is 4.79 Å². The second-order valence-corrected chi connectivity index (χ2v) is 4.90. The van der Waals surface area contributed by atoms with Crippen LogP contribution in [0.3, 0.4) is 0 Å². The molecule has 0 spiro atoms. The highest BCUT2D eigenvalue weighted by atomic mass is 16.5. The molecular formula is C16H23NO5. The van der Waals surface area contributed by atoms with Crippen LogP contribution in [-0.2, 0) is 20.9 Å². The van der Waals surface area contributed by atoms with Crippen LogP contribution in [0.25, 0.3) is 0 Å². The maximum atomic E-state index is 11.6. The van der Waals surface area contributed by atoms with Gasteiger partial charge in [0.15, 0.2) is 0 Å². The minimum atomic E-state index is -0.864. The van der Waals surface area contributed by atoms with Gasteiger partial charge in [0.1, 0.15) is 6.61 Å². The van der Waals surface area contributed by atoms with Gasteiger partial charge in [-0.3, -0.25) is 4.79 Å². The summed E-state index contributed by atoms with van der Waals surface area (Å²) in [6.45, 7) is 3.35. The SMILES string of the molecule is CCOC[C@H](CCNC(=O)OCc1ccccc1)CC(=O)O. The molecule has 0 fully saturated rings. The van der Waals surface area contributed by atoms with Crippen LogP contribution < -0.4 is 5.32 Å². The molecule has 0 saturated carbocycles. The fraction of sp³-hybridized carbons (Fsp3) is 0.500.